The summed E-state index contributed by atoms with van der Waals surface area (Å²) < 4.78 is 4.92. The Hall–Kier alpha value is -1.57. The Morgan fingerprint density at radius 1 is 1.58 bits per heavy atom. The van der Waals surface area contributed by atoms with Crippen molar-refractivity contribution < 1.29 is 4.74 Å². The van der Waals surface area contributed by atoms with E-state index in [0.717, 1.165) is 11.1 Å². The summed E-state index contributed by atoms with van der Waals surface area (Å²) in [6, 6.07) is 3.69. The lowest BCUT2D eigenvalue weighted by Gasteiger charge is -2.00. The monoisotopic (exact) mass is 161 g/mol. The molecule has 0 N–H and O–H groups in total. The van der Waals surface area contributed by atoms with Crippen LogP contribution in [0, 0.1) is 0 Å². The number of methoxy groups -OCH3 is 1. The lowest BCUT2D eigenvalue weighted by Crippen LogP contribution is -1.87. The maximum Gasteiger partial charge on any atom is 0.212 e. The van der Waals surface area contributed by atoms with E-state index in [2.05, 4.69) is 18.1 Å². The summed E-state index contributed by atoms with van der Waals surface area (Å²) >= 11 is 0. The SMILES string of the molecule is C=CC(=C)c1ccc(OC)nc1. The van der Waals surface area contributed by atoms with Crippen LogP contribution in [0.3, 0.4) is 0 Å². The van der Waals surface area contributed by atoms with Gasteiger partial charge in [0, 0.05) is 12.3 Å². The maximum atomic E-state index is 4.92. The third kappa shape index (κ3) is 1.72. The van der Waals surface area contributed by atoms with Crippen LogP contribution in [-0.4, -0.2) is 12.1 Å². The zero-order chi connectivity index (χ0) is 8.97. The van der Waals surface area contributed by atoms with E-state index in [4.69, 9.17) is 4.74 Å². The van der Waals surface area contributed by atoms with Crippen molar-refractivity contribution in [2.75, 3.05) is 7.11 Å². The summed E-state index contributed by atoms with van der Waals surface area (Å²) in [5.74, 6) is 0.607. The van der Waals surface area contributed by atoms with Gasteiger partial charge in [-0.05, 0) is 17.2 Å². The van der Waals surface area contributed by atoms with Crippen molar-refractivity contribution in [3.8, 4) is 5.88 Å². The van der Waals surface area contributed by atoms with Gasteiger partial charge in [0.25, 0.3) is 0 Å². The van der Waals surface area contributed by atoms with E-state index >= 15 is 0 Å². The fourth-order valence-electron chi connectivity index (χ4n) is 0.809. The highest BCUT2D eigenvalue weighted by atomic mass is 16.5. The number of hydrogen-bond donors (Lipinski definition) is 0. The minimum absolute atomic E-state index is 0.607. The molecule has 1 aromatic rings. The first-order valence-corrected chi connectivity index (χ1v) is 3.59. The number of pyridine rings is 1. The van der Waals surface area contributed by atoms with Crippen LogP contribution in [0.2, 0.25) is 0 Å². The van der Waals surface area contributed by atoms with Crippen molar-refractivity contribution in [1.29, 1.82) is 0 Å². The molecule has 0 saturated carbocycles. The molecule has 2 nitrogen and oxygen atoms in total. The van der Waals surface area contributed by atoms with Gasteiger partial charge in [-0.15, -0.1) is 0 Å². The molecule has 0 aliphatic heterocycles. The van der Waals surface area contributed by atoms with E-state index in [1.54, 1.807) is 25.4 Å². The topological polar surface area (TPSA) is 22.1 Å². The van der Waals surface area contributed by atoms with Gasteiger partial charge < -0.3 is 4.74 Å². The molecular formula is C10H11NO. The first-order valence-electron chi connectivity index (χ1n) is 3.59. The average molecular weight is 161 g/mol. The standard InChI is InChI=1S/C10H11NO/c1-4-8(2)9-5-6-10(12-3)11-7-9/h4-7H,1-2H2,3H3. The Balaban J connectivity index is 2.91. The summed E-state index contributed by atoms with van der Waals surface area (Å²) in [4.78, 5) is 4.04. The number of hydrogen-bond acceptors (Lipinski definition) is 2. The first kappa shape index (κ1) is 8.53. The highest BCUT2D eigenvalue weighted by Crippen LogP contribution is 2.14. The smallest absolute Gasteiger partial charge is 0.212 e. The second-order valence-electron chi connectivity index (χ2n) is 2.32. The molecule has 0 radical (unpaired) electrons. The summed E-state index contributed by atoms with van der Waals surface area (Å²) in [7, 11) is 1.59. The summed E-state index contributed by atoms with van der Waals surface area (Å²) in [5.41, 5.74) is 1.83. The molecular weight excluding hydrogens is 150 g/mol. The van der Waals surface area contributed by atoms with Crippen LogP contribution in [0.15, 0.2) is 37.6 Å². The molecule has 1 aromatic heterocycles. The van der Waals surface area contributed by atoms with Crippen LogP contribution in [0.5, 0.6) is 5.88 Å². The molecule has 0 fully saturated rings. The van der Waals surface area contributed by atoms with Crippen LogP contribution in [0.1, 0.15) is 5.56 Å². The number of ether oxygens (including phenoxy) is 1. The Kier molecular flexibility index (Phi) is 2.64. The van der Waals surface area contributed by atoms with Crippen LogP contribution in [-0.2, 0) is 0 Å². The molecule has 0 aliphatic rings. The van der Waals surface area contributed by atoms with E-state index in [-0.39, 0.29) is 0 Å². The number of aromatic nitrogens is 1. The van der Waals surface area contributed by atoms with E-state index in [1.165, 1.54) is 0 Å². The number of nitrogens with zero attached hydrogens (tertiary/aromatic N) is 1. The predicted molar refractivity (Wildman–Crippen MR) is 50.0 cm³/mol. The van der Waals surface area contributed by atoms with Crippen molar-refractivity contribution in [3.63, 3.8) is 0 Å². The molecule has 0 aromatic carbocycles. The minimum atomic E-state index is 0.607. The molecule has 0 aliphatic carbocycles. The van der Waals surface area contributed by atoms with Gasteiger partial charge >= 0.3 is 0 Å². The van der Waals surface area contributed by atoms with Crippen molar-refractivity contribution in [2.24, 2.45) is 0 Å². The van der Waals surface area contributed by atoms with E-state index in [0.29, 0.717) is 5.88 Å². The summed E-state index contributed by atoms with van der Waals surface area (Å²) in [5, 5.41) is 0. The first-order chi connectivity index (χ1) is 5.77. The lowest BCUT2D eigenvalue weighted by molar-refractivity contribution is 0.398. The molecule has 12 heavy (non-hydrogen) atoms. The van der Waals surface area contributed by atoms with Gasteiger partial charge in [-0.2, -0.15) is 0 Å². The fraction of sp³-hybridized carbons (Fsp3) is 0.100. The Morgan fingerprint density at radius 3 is 2.75 bits per heavy atom. The normalized spacial score (nSPS) is 9.08. The molecule has 1 heterocycles. The zero-order valence-corrected chi connectivity index (χ0v) is 7.08. The number of allylic oxidation sites excluding steroid dienone is 2. The molecule has 0 atom stereocenters. The average Bonchev–Trinajstić information content (AvgIpc) is 2.17. The van der Waals surface area contributed by atoms with Crippen LogP contribution in [0.25, 0.3) is 5.57 Å². The summed E-state index contributed by atoms with van der Waals surface area (Å²) in [6.07, 6.45) is 3.41. The molecule has 2 heteroatoms. The number of rotatable bonds is 3. The molecule has 0 saturated heterocycles. The van der Waals surface area contributed by atoms with Gasteiger partial charge in [-0.1, -0.05) is 19.2 Å². The van der Waals surface area contributed by atoms with Crippen LogP contribution in [0.4, 0.5) is 0 Å². The molecule has 0 bridgehead atoms. The van der Waals surface area contributed by atoms with Crippen molar-refractivity contribution in [2.45, 2.75) is 0 Å². The van der Waals surface area contributed by atoms with Gasteiger partial charge in [-0.3, -0.25) is 0 Å². The summed E-state index contributed by atoms with van der Waals surface area (Å²) in [6.45, 7) is 7.42. The van der Waals surface area contributed by atoms with Crippen molar-refractivity contribution in [1.82, 2.24) is 4.98 Å². The van der Waals surface area contributed by atoms with Gasteiger partial charge in [0.2, 0.25) is 5.88 Å². The van der Waals surface area contributed by atoms with Gasteiger partial charge in [0.05, 0.1) is 7.11 Å². The molecule has 0 amide bonds. The van der Waals surface area contributed by atoms with E-state index < -0.39 is 0 Å². The lowest BCUT2D eigenvalue weighted by atomic mass is 10.1. The third-order valence-corrected chi connectivity index (χ3v) is 1.56. The predicted octanol–water partition coefficient (Wildman–Crippen LogP) is 2.29. The van der Waals surface area contributed by atoms with E-state index in [9.17, 15) is 0 Å². The highest BCUT2D eigenvalue weighted by molar-refractivity contribution is 5.70. The van der Waals surface area contributed by atoms with Crippen LogP contribution >= 0.6 is 0 Å². The third-order valence-electron chi connectivity index (χ3n) is 1.56. The highest BCUT2D eigenvalue weighted by Gasteiger charge is 1.95. The zero-order valence-electron chi connectivity index (χ0n) is 7.08. The van der Waals surface area contributed by atoms with Gasteiger partial charge in [0.15, 0.2) is 0 Å². The Bertz CT molecular complexity index is 287. The van der Waals surface area contributed by atoms with E-state index in [1.807, 2.05) is 6.07 Å². The minimum Gasteiger partial charge on any atom is -0.481 e. The second-order valence-corrected chi connectivity index (χ2v) is 2.32. The van der Waals surface area contributed by atoms with Crippen molar-refractivity contribution >= 4 is 5.57 Å². The molecule has 62 valence electrons. The van der Waals surface area contributed by atoms with Gasteiger partial charge in [-0.25, -0.2) is 4.98 Å². The molecule has 0 spiro atoms. The van der Waals surface area contributed by atoms with Crippen molar-refractivity contribution in [3.05, 3.63) is 43.1 Å². The van der Waals surface area contributed by atoms with Gasteiger partial charge in [0.1, 0.15) is 0 Å². The molecule has 0 unspecified atom stereocenters. The quantitative estimate of drug-likeness (QED) is 0.634. The maximum absolute atomic E-state index is 4.92. The Labute approximate surface area is 72.2 Å². The fourth-order valence-corrected chi connectivity index (χ4v) is 0.809. The Morgan fingerprint density at radius 2 is 2.33 bits per heavy atom. The second kappa shape index (κ2) is 3.72. The van der Waals surface area contributed by atoms with Crippen LogP contribution < -0.4 is 4.74 Å². The largest absolute Gasteiger partial charge is 0.481 e. The molecule has 1 rings (SSSR count).